The van der Waals surface area contributed by atoms with Crippen molar-refractivity contribution in [3.63, 3.8) is 0 Å². The third-order valence-electron chi connectivity index (χ3n) is 4.07. The Bertz CT molecular complexity index is 1070. The molecule has 0 aliphatic rings. The summed E-state index contributed by atoms with van der Waals surface area (Å²) in [7, 11) is 0. The van der Waals surface area contributed by atoms with E-state index in [0.29, 0.717) is 40.0 Å². The van der Waals surface area contributed by atoms with Crippen LogP contribution in [0.4, 0.5) is 0 Å². The van der Waals surface area contributed by atoms with Gasteiger partial charge in [0.05, 0.1) is 17.0 Å². The smallest absolute Gasteiger partial charge is 0.336 e. The third-order valence-corrected chi connectivity index (χ3v) is 4.07. The number of benzene rings is 1. The predicted octanol–water partition coefficient (Wildman–Crippen LogP) is 4.20. The predicted molar refractivity (Wildman–Crippen MR) is 103 cm³/mol. The summed E-state index contributed by atoms with van der Waals surface area (Å²) < 4.78 is 22.7. The summed E-state index contributed by atoms with van der Waals surface area (Å²) in [6, 6.07) is 4.68. The van der Waals surface area contributed by atoms with Gasteiger partial charge < -0.3 is 23.4 Å². The molecule has 0 unspecified atom stereocenters. The van der Waals surface area contributed by atoms with Gasteiger partial charge in [0, 0.05) is 6.07 Å². The molecule has 1 aromatic carbocycles. The molecule has 0 aliphatic heterocycles. The van der Waals surface area contributed by atoms with E-state index < -0.39 is 11.7 Å². The van der Waals surface area contributed by atoms with Gasteiger partial charge in [-0.15, -0.1) is 0 Å². The number of hydrogen-bond donors (Lipinski definition) is 1. The molecule has 6 nitrogen and oxygen atoms in total. The SMILES string of the molecule is C=C(C)[C@H](O)COc1c2ccoc2c(OCC=C(C)C)c2oc(=O)ccc12. The molecule has 0 bridgehead atoms. The van der Waals surface area contributed by atoms with Crippen molar-refractivity contribution < 1.29 is 23.4 Å². The molecule has 0 amide bonds. The minimum Gasteiger partial charge on any atom is -0.489 e. The second-order valence-corrected chi connectivity index (χ2v) is 6.58. The first kappa shape index (κ1) is 18.8. The zero-order valence-corrected chi connectivity index (χ0v) is 15.6. The summed E-state index contributed by atoms with van der Waals surface area (Å²) in [6.07, 6.45) is 2.61. The Morgan fingerprint density at radius 1 is 1.15 bits per heavy atom. The Morgan fingerprint density at radius 2 is 1.89 bits per heavy atom. The summed E-state index contributed by atoms with van der Waals surface area (Å²) in [5.41, 5.74) is 1.85. The van der Waals surface area contributed by atoms with Crippen molar-refractivity contribution in [3.8, 4) is 11.5 Å². The van der Waals surface area contributed by atoms with E-state index in [1.54, 1.807) is 19.1 Å². The quantitative estimate of drug-likeness (QED) is 0.496. The molecule has 3 aromatic rings. The van der Waals surface area contributed by atoms with Gasteiger partial charge in [-0.1, -0.05) is 12.2 Å². The van der Waals surface area contributed by atoms with Crippen LogP contribution < -0.4 is 15.1 Å². The number of furan rings is 1. The molecule has 27 heavy (non-hydrogen) atoms. The van der Waals surface area contributed by atoms with Crippen LogP contribution in [-0.4, -0.2) is 24.4 Å². The highest BCUT2D eigenvalue weighted by molar-refractivity contribution is 6.06. The van der Waals surface area contributed by atoms with Gasteiger partial charge >= 0.3 is 5.63 Å². The van der Waals surface area contributed by atoms with E-state index in [0.717, 1.165) is 5.57 Å². The van der Waals surface area contributed by atoms with Crippen LogP contribution >= 0.6 is 0 Å². The first-order valence-electron chi connectivity index (χ1n) is 8.58. The summed E-state index contributed by atoms with van der Waals surface area (Å²) in [5, 5.41) is 11.2. The molecule has 2 aromatic heterocycles. The second kappa shape index (κ2) is 7.72. The maximum absolute atomic E-state index is 11.8. The van der Waals surface area contributed by atoms with Gasteiger partial charge in [-0.2, -0.15) is 0 Å². The van der Waals surface area contributed by atoms with Crippen molar-refractivity contribution in [3.05, 3.63) is 58.7 Å². The van der Waals surface area contributed by atoms with E-state index in [4.69, 9.17) is 18.3 Å². The molecule has 0 radical (unpaired) electrons. The molecule has 142 valence electrons. The monoisotopic (exact) mass is 370 g/mol. The van der Waals surface area contributed by atoms with Crippen molar-refractivity contribution in [1.29, 1.82) is 0 Å². The van der Waals surface area contributed by atoms with Crippen LogP contribution in [0.5, 0.6) is 11.5 Å². The van der Waals surface area contributed by atoms with Gasteiger partial charge in [0.15, 0.2) is 11.2 Å². The van der Waals surface area contributed by atoms with Crippen molar-refractivity contribution in [1.82, 2.24) is 0 Å². The number of hydrogen-bond acceptors (Lipinski definition) is 6. The lowest BCUT2D eigenvalue weighted by Crippen LogP contribution is -2.18. The van der Waals surface area contributed by atoms with Crippen LogP contribution in [0, 0.1) is 0 Å². The lowest BCUT2D eigenvalue weighted by molar-refractivity contribution is 0.137. The molecule has 6 heteroatoms. The lowest BCUT2D eigenvalue weighted by atomic mass is 10.1. The molecule has 1 N–H and O–H groups in total. The van der Waals surface area contributed by atoms with E-state index in [1.807, 2.05) is 19.9 Å². The van der Waals surface area contributed by atoms with E-state index >= 15 is 0 Å². The Kier molecular flexibility index (Phi) is 5.37. The van der Waals surface area contributed by atoms with Crippen LogP contribution in [0.25, 0.3) is 21.9 Å². The fourth-order valence-corrected chi connectivity index (χ4v) is 2.56. The van der Waals surface area contributed by atoms with Gasteiger partial charge in [0.25, 0.3) is 0 Å². The van der Waals surface area contributed by atoms with Crippen LogP contribution in [0.3, 0.4) is 0 Å². The van der Waals surface area contributed by atoms with Crippen molar-refractivity contribution in [2.24, 2.45) is 0 Å². The summed E-state index contributed by atoms with van der Waals surface area (Å²) in [5.74, 6) is 0.792. The Hall–Kier alpha value is -2.99. The number of ether oxygens (including phenoxy) is 2. The third kappa shape index (κ3) is 3.90. The van der Waals surface area contributed by atoms with E-state index in [-0.39, 0.29) is 12.2 Å². The van der Waals surface area contributed by atoms with Gasteiger partial charge in [0.2, 0.25) is 5.75 Å². The summed E-state index contributed by atoms with van der Waals surface area (Å²) >= 11 is 0. The molecule has 0 spiro atoms. The van der Waals surface area contributed by atoms with Crippen molar-refractivity contribution in [2.75, 3.05) is 13.2 Å². The van der Waals surface area contributed by atoms with Crippen LogP contribution in [-0.2, 0) is 0 Å². The molecule has 0 fully saturated rings. The number of aliphatic hydroxyl groups excluding tert-OH is 1. The minimum absolute atomic E-state index is 0.0157. The molecule has 0 saturated heterocycles. The Labute approximate surface area is 156 Å². The van der Waals surface area contributed by atoms with Crippen LogP contribution in [0.1, 0.15) is 20.8 Å². The molecule has 3 rings (SSSR count). The number of rotatable bonds is 7. The zero-order chi connectivity index (χ0) is 19.6. The highest BCUT2D eigenvalue weighted by Crippen LogP contribution is 2.42. The maximum Gasteiger partial charge on any atom is 0.336 e. The summed E-state index contributed by atoms with van der Waals surface area (Å²) in [6.45, 7) is 9.70. The first-order valence-corrected chi connectivity index (χ1v) is 8.58. The first-order chi connectivity index (χ1) is 12.9. The largest absolute Gasteiger partial charge is 0.489 e. The van der Waals surface area contributed by atoms with Gasteiger partial charge in [-0.25, -0.2) is 4.79 Å². The number of fused-ring (bicyclic) bond motifs is 2. The van der Waals surface area contributed by atoms with Gasteiger partial charge in [-0.05, 0) is 44.6 Å². The molecule has 0 saturated carbocycles. The lowest BCUT2D eigenvalue weighted by Gasteiger charge is -2.16. The molecule has 2 heterocycles. The van der Waals surface area contributed by atoms with Crippen molar-refractivity contribution in [2.45, 2.75) is 26.9 Å². The van der Waals surface area contributed by atoms with Crippen LogP contribution in [0.2, 0.25) is 0 Å². The molecule has 1 atom stereocenters. The van der Waals surface area contributed by atoms with E-state index in [1.165, 1.54) is 12.3 Å². The highest BCUT2D eigenvalue weighted by Gasteiger charge is 2.21. The van der Waals surface area contributed by atoms with E-state index in [9.17, 15) is 9.90 Å². The Balaban J connectivity index is 2.15. The van der Waals surface area contributed by atoms with Crippen LogP contribution in [0.15, 0.2) is 61.9 Å². The van der Waals surface area contributed by atoms with Gasteiger partial charge in [0.1, 0.15) is 25.1 Å². The van der Waals surface area contributed by atoms with E-state index in [2.05, 4.69) is 6.58 Å². The molecule has 0 aliphatic carbocycles. The van der Waals surface area contributed by atoms with Gasteiger partial charge in [-0.3, -0.25) is 0 Å². The zero-order valence-electron chi connectivity index (χ0n) is 15.6. The number of aliphatic hydroxyl groups is 1. The minimum atomic E-state index is -0.814. The Morgan fingerprint density at radius 3 is 2.59 bits per heavy atom. The highest BCUT2D eigenvalue weighted by atomic mass is 16.5. The fraction of sp³-hybridized carbons (Fsp3) is 0.286. The molecular weight excluding hydrogens is 348 g/mol. The summed E-state index contributed by atoms with van der Waals surface area (Å²) in [4.78, 5) is 11.8. The number of allylic oxidation sites excluding steroid dienone is 1. The standard InChI is InChI=1S/C21H22O6/c1-12(2)7-9-25-21-19-15(8-10-24-19)18(26-11-16(22)13(3)4)14-5-6-17(23)27-20(14)21/h5-8,10,16,22H,3,9,11H2,1-2,4H3/t16-/m1/s1. The maximum atomic E-state index is 11.8. The normalized spacial score (nSPS) is 12.1. The average molecular weight is 370 g/mol. The fourth-order valence-electron chi connectivity index (χ4n) is 2.56. The second-order valence-electron chi connectivity index (χ2n) is 6.58. The topological polar surface area (TPSA) is 82.0 Å². The average Bonchev–Trinajstić information content (AvgIpc) is 3.09. The molecular formula is C21H22O6. The van der Waals surface area contributed by atoms with Crippen molar-refractivity contribution >= 4 is 21.9 Å².